The van der Waals surface area contributed by atoms with Gasteiger partial charge in [0.15, 0.2) is 9.37 Å². The fourth-order valence-corrected chi connectivity index (χ4v) is 2.95. The van der Waals surface area contributed by atoms with Crippen molar-refractivity contribution in [3.05, 3.63) is 28.4 Å². The first-order chi connectivity index (χ1) is 10.1. The zero-order chi connectivity index (χ0) is 15.2. The van der Waals surface area contributed by atoms with Gasteiger partial charge < -0.3 is 4.74 Å². The molecule has 0 spiro atoms. The molecular weight excluding hydrogens is 318 g/mol. The van der Waals surface area contributed by atoms with Gasteiger partial charge in [0.2, 0.25) is 5.13 Å². The number of hydrogen-bond donors (Lipinski definition) is 1. The Morgan fingerprint density at radius 3 is 3.10 bits per heavy atom. The molecule has 0 saturated carbocycles. The van der Waals surface area contributed by atoms with Gasteiger partial charge in [0.25, 0.3) is 0 Å². The largest absolute Gasteiger partial charge is 0.450 e. The SMILES string of the molecule is CCOC(=O)Nc1nnc(Sc2ncccc2[N+](=O)[O-])s1. The van der Waals surface area contributed by atoms with Gasteiger partial charge in [0.05, 0.1) is 11.5 Å². The second kappa shape index (κ2) is 6.95. The Balaban J connectivity index is 2.09. The van der Waals surface area contributed by atoms with E-state index in [1.54, 1.807) is 6.92 Å². The van der Waals surface area contributed by atoms with Gasteiger partial charge in [0.1, 0.15) is 0 Å². The molecule has 0 aliphatic carbocycles. The molecule has 0 aromatic carbocycles. The summed E-state index contributed by atoms with van der Waals surface area (Å²) in [5, 5.41) is 21.3. The molecule has 0 aliphatic rings. The fraction of sp³-hybridized carbons (Fsp3) is 0.200. The average molecular weight is 327 g/mol. The number of amides is 1. The first-order valence-electron chi connectivity index (χ1n) is 5.64. The second-order valence-corrected chi connectivity index (χ2v) is 5.62. The fourth-order valence-electron chi connectivity index (χ4n) is 1.24. The van der Waals surface area contributed by atoms with E-state index >= 15 is 0 Å². The Hall–Kier alpha value is -2.27. The quantitative estimate of drug-likeness (QED) is 0.505. The molecule has 1 N–H and O–H groups in total. The summed E-state index contributed by atoms with van der Waals surface area (Å²) in [4.78, 5) is 25.5. The molecule has 0 radical (unpaired) electrons. The van der Waals surface area contributed by atoms with Crippen molar-refractivity contribution in [1.29, 1.82) is 0 Å². The molecule has 2 rings (SSSR count). The van der Waals surface area contributed by atoms with E-state index in [-0.39, 0.29) is 22.5 Å². The van der Waals surface area contributed by atoms with E-state index in [9.17, 15) is 14.9 Å². The van der Waals surface area contributed by atoms with Crippen LogP contribution in [0, 0.1) is 10.1 Å². The summed E-state index contributed by atoms with van der Waals surface area (Å²) in [6, 6.07) is 2.84. The summed E-state index contributed by atoms with van der Waals surface area (Å²) in [7, 11) is 0. The van der Waals surface area contributed by atoms with Gasteiger partial charge >= 0.3 is 11.8 Å². The number of carbonyl (C=O) groups is 1. The van der Waals surface area contributed by atoms with Crippen molar-refractivity contribution >= 4 is 40.0 Å². The summed E-state index contributed by atoms with van der Waals surface area (Å²) in [5.74, 6) is 0. The standard InChI is InChI=1S/C10H9N5O4S2/c1-2-19-9(16)12-8-13-14-10(21-8)20-7-6(15(17)18)4-3-5-11-7/h3-5H,2H2,1H3,(H,12,13,16). The lowest BCUT2D eigenvalue weighted by atomic mass is 10.4. The Bertz CT molecular complexity index is 662. The van der Waals surface area contributed by atoms with Crippen LogP contribution in [0.5, 0.6) is 0 Å². The van der Waals surface area contributed by atoms with Crippen LogP contribution in [0.4, 0.5) is 15.6 Å². The third-order valence-corrected chi connectivity index (χ3v) is 3.92. The van der Waals surface area contributed by atoms with Crippen molar-refractivity contribution < 1.29 is 14.5 Å². The summed E-state index contributed by atoms with van der Waals surface area (Å²) in [6.07, 6.45) is 0.822. The Morgan fingerprint density at radius 1 is 1.57 bits per heavy atom. The molecule has 0 bridgehead atoms. The minimum Gasteiger partial charge on any atom is -0.450 e. The normalized spacial score (nSPS) is 10.1. The first kappa shape index (κ1) is 15.1. The van der Waals surface area contributed by atoms with Crippen molar-refractivity contribution in [1.82, 2.24) is 15.2 Å². The maximum atomic E-state index is 11.2. The molecule has 2 aromatic rings. The lowest BCUT2D eigenvalue weighted by molar-refractivity contribution is -0.388. The van der Waals surface area contributed by atoms with E-state index in [0.717, 1.165) is 23.1 Å². The van der Waals surface area contributed by atoms with Crippen molar-refractivity contribution in [2.75, 3.05) is 11.9 Å². The molecule has 2 heterocycles. The maximum absolute atomic E-state index is 11.2. The number of carbonyl (C=O) groups excluding carboxylic acids is 1. The van der Waals surface area contributed by atoms with Crippen LogP contribution in [0.15, 0.2) is 27.7 Å². The number of hydrogen-bond acceptors (Lipinski definition) is 9. The topological polar surface area (TPSA) is 120 Å². The number of aromatic nitrogens is 3. The van der Waals surface area contributed by atoms with E-state index in [1.807, 2.05) is 0 Å². The predicted molar refractivity (Wildman–Crippen MR) is 75.6 cm³/mol. The van der Waals surface area contributed by atoms with Crippen LogP contribution in [0.1, 0.15) is 6.92 Å². The number of nitrogens with zero attached hydrogens (tertiary/aromatic N) is 4. The number of pyridine rings is 1. The van der Waals surface area contributed by atoms with Crippen LogP contribution in [-0.2, 0) is 4.74 Å². The first-order valence-corrected chi connectivity index (χ1v) is 7.28. The summed E-state index contributed by atoms with van der Waals surface area (Å²) in [6.45, 7) is 1.92. The van der Waals surface area contributed by atoms with E-state index in [0.29, 0.717) is 4.34 Å². The third-order valence-electron chi connectivity index (χ3n) is 2.02. The molecule has 0 aliphatic heterocycles. The number of anilines is 1. The van der Waals surface area contributed by atoms with Crippen LogP contribution < -0.4 is 5.32 Å². The number of rotatable bonds is 5. The van der Waals surface area contributed by atoms with Crippen LogP contribution in [0.3, 0.4) is 0 Å². The smallest absolute Gasteiger partial charge is 0.413 e. The van der Waals surface area contributed by atoms with Gasteiger partial charge in [0, 0.05) is 12.3 Å². The van der Waals surface area contributed by atoms with Crippen molar-refractivity contribution in [3.8, 4) is 0 Å². The van der Waals surface area contributed by atoms with Crippen LogP contribution in [-0.4, -0.2) is 32.8 Å². The summed E-state index contributed by atoms with van der Waals surface area (Å²) < 4.78 is 5.12. The zero-order valence-electron chi connectivity index (χ0n) is 10.7. The van der Waals surface area contributed by atoms with E-state index in [4.69, 9.17) is 4.74 Å². The van der Waals surface area contributed by atoms with Gasteiger partial charge in [-0.15, -0.1) is 10.2 Å². The predicted octanol–water partition coefficient (Wildman–Crippen LogP) is 2.56. The average Bonchev–Trinajstić information content (AvgIpc) is 2.86. The summed E-state index contributed by atoms with van der Waals surface area (Å²) in [5.41, 5.74) is -0.113. The van der Waals surface area contributed by atoms with Crippen LogP contribution in [0.25, 0.3) is 0 Å². The van der Waals surface area contributed by atoms with E-state index in [2.05, 4.69) is 20.5 Å². The van der Waals surface area contributed by atoms with Gasteiger partial charge in [-0.25, -0.2) is 9.78 Å². The molecule has 0 atom stereocenters. The Kier molecular flexibility index (Phi) is 5.00. The van der Waals surface area contributed by atoms with Crippen molar-refractivity contribution in [3.63, 3.8) is 0 Å². The highest BCUT2D eigenvalue weighted by Gasteiger charge is 2.18. The molecule has 0 unspecified atom stereocenters. The molecule has 9 nitrogen and oxygen atoms in total. The number of nitrogens with one attached hydrogen (secondary N) is 1. The van der Waals surface area contributed by atoms with Crippen molar-refractivity contribution in [2.45, 2.75) is 16.3 Å². The molecule has 2 aromatic heterocycles. The highest BCUT2D eigenvalue weighted by atomic mass is 32.2. The molecular formula is C10H9N5O4S2. The highest BCUT2D eigenvalue weighted by molar-refractivity contribution is 8.01. The number of ether oxygens (including phenoxy) is 1. The lowest BCUT2D eigenvalue weighted by Gasteiger charge is -1.99. The molecule has 21 heavy (non-hydrogen) atoms. The summed E-state index contributed by atoms with van der Waals surface area (Å²) >= 11 is 2.07. The lowest BCUT2D eigenvalue weighted by Crippen LogP contribution is -2.12. The molecule has 11 heteroatoms. The molecule has 110 valence electrons. The van der Waals surface area contributed by atoms with Gasteiger partial charge in [-0.2, -0.15) is 0 Å². The zero-order valence-corrected chi connectivity index (χ0v) is 12.3. The van der Waals surface area contributed by atoms with Crippen LogP contribution >= 0.6 is 23.1 Å². The minimum atomic E-state index is -0.631. The van der Waals surface area contributed by atoms with Gasteiger partial charge in [-0.1, -0.05) is 11.3 Å². The maximum Gasteiger partial charge on any atom is 0.413 e. The monoisotopic (exact) mass is 327 g/mol. The van der Waals surface area contributed by atoms with Crippen molar-refractivity contribution in [2.24, 2.45) is 0 Å². The molecule has 0 fully saturated rings. The molecule has 1 amide bonds. The van der Waals surface area contributed by atoms with E-state index < -0.39 is 11.0 Å². The number of nitro groups is 1. The third kappa shape index (κ3) is 4.10. The van der Waals surface area contributed by atoms with Gasteiger partial charge in [-0.3, -0.25) is 15.4 Å². The van der Waals surface area contributed by atoms with E-state index in [1.165, 1.54) is 18.3 Å². The highest BCUT2D eigenvalue weighted by Crippen LogP contribution is 2.35. The second-order valence-electron chi connectivity index (χ2n) is 3.41. The van der Waals surface area contributed by atoms with Gasteiger partial charge in [-0.05, 0) is 24.8 Å². The Morgan fingerprint density at radius 2 is 2.38 bits per heavy atom. The molecule has 0 saturated heterocycles. The Labute approximate surface area is 126 Å². The van der Waals surface area contributed by atoms with Crippen LogP contribution in [0.2, 0.25) is 0 Å². The minimum absolute atomic E-state index is 0.113.